The number of aryl methyl sites for hydroxylation is 1. The van der Waals surface area contributed by atoms with E-state index in [9.17, 15) is 0 Å². The predicted octanol–water partition coefficient (Wildman–Crippen LogP) is 2.90. The lowest BCUT2D eigenvalue weighted by Gasteiger charge is -2.33. The molecule has 1 aliphatic rings. The number of hydrogen-bond donors (Lipinski definition) is 1. The first-order valence-electron chi connectivity index (χ1n) is 6.90. The molecule has 96 valence electrons. The quantitative estimate of drug-likeness (QED) is 0.869. The smallest absolute Gasteiger partial charge is 0.0537 e. The molecule has 1 saturated carbocycles. The Morgan fingerprint density at radius 2 is 2.35 bits per heavy atom. The van der Waals surface area contributed by atoms with Gasteiger partial charge in [-0.2, -0.15) is 5.10 Å². The Labute approximate surface area is 105 Å². The van der Waals surface area contributed by atoms with Gasteiger partial charge in [-0.3, -0.25) is 4.68 Å². The maximum Gasteiger partial charge on any atom is 0.0537 e. The van der Waals surface area contributed by atoms with Crippen molar-refractivity contribution in [2.45, 2.75) is 45.1 Å². The van der Waals surface area contributed by atoms with Crippen molar-refractivity contribution in [3.8, 4) is 0 Å². The number of rotatable bonds is 4. The van der Waals surface area contributed by atoms with Crippen molar-refractivity contribution in [2.24, 2.45) is 18.9 Å². The van der Waals surface area contributed by atoms with Crippen LogP contribution < -0.4 is 5.32 Å². The van der Waals surface area contributed by atoms with Crippen molar-refractivity contribution in [1.29, 1.82) is 0 Å². The first kappa shape index (κ1) is 12.6. The maximum atomic E-state index is 4.30. The average molecular weight is 235 g/mol. The molecule has 3 nitrogen and oxygen atoms in total. The summed E-state index contributed by atoms with van der Waals surface area (Å²) in [5, 5.41) is 7.79. The highest BCUT2D eigenvalue weighted by Gasteiger charge is 2.28. The first-order chi connectivity index (χ1) is 8.24. The zero-order valence-corrected chi connectivity index (χ0v) is 11.3. The van der Waals surface area contributed by atoms with E-state index in [2.05, 4.69) is 30.6 Å². The van der Waals surface area contributed by atoms with Crippen LogP contribution in [0.15, 0.2) is 12.4 Å². The summed E-state index contributed by atoms with van der Waals surface area (Å²) in [6, 6.07) is 0.484. The molecule has 1 heterocycles. The lowest BCUT2D eigenvalue weighted by molar-refractivity contribution is 0.214. The van der Waals surface area contributed by atoms with E-state index >= 15 is 0 Å². The molecule has 1 fully saturated rings. The third-order valence-corrected chi connectivity index (χ3v) is 4.27. The fourth-order valence-electron chi connectivity index (χ4n) is 3.28. The Bertz CT molecular complexity index is 345. The van der Waals surface area contributed by atoms with Crippen molar-refractivity contribution >= 4 is 0 Å². The number of nitrogens with zero attached hydrogens (tertiary/aromatic N) is 2. The minimum absolute atomic E-state index is 0.484. The molecule has 0 radical (unpaired) electrons. The Morgan fingerprint density at radius 3 is 2.94 bits per heavy atom. The van der Waals surface area contributed by atoms with Crippen molar-refractivity contribution in [3.05, 3.63) is 18.0 Å². The minimum atomic E-state index is 0.484. The van der Waals surface area contributed by atoms with Crippen molar-refractivity contribution < 1.29 is 0 Å². The number of aromatic nitrogens is 2. The molecule has 1 aliphatic carbocycles. The maximum absolute atomic E-state index is 4.30. The summed E-state index contributed by atoms with van der Waals surface area (Å²) in [7, 11) is 4.07. The summed E-state index contributed by atoms with van der Waals surface area (Å²) in [5.41, 5.74) is 1.34. The highest BCUT2D eigenvalue weighted by molar-refractivity contribution is 5.12. The summed E-state index contributed by atoms with van der Waals surface area (Å²) >= 11 is 0. The molecular weight excluding hydrogens is 210 g/mol. The molecule has 0 spiro atoms. The van der Waals surface area contributed by atoms with E-state index in [1.807, 2.05) is 17.9 Å². The second kappa shape index (κ2) is 5.67. The van der Waals surface area contributed by atoms with Crippen molar-refractivity contribution in [3.63, 3.8) is 0 Å². The fraction of sp³-hybridized carbons (Fsp3) is 0.786. The van der Waals surface area contributed by atoms with Gasteiger partial charge in [0, 0.05) is 24.8 Å². The van der Waals surface area contributed by atoms with E-state index < -0.39 is 0 Å². The fourth-order valence-corrected chi connectivity index (χ4v) is 3.28. The molecule has 1 aromatic heterocycles. The third-order valence-electron chi connectivity index (χ3n) is 4.27. The van der Waals surface area contributed by atoms with E-state index in [-0.39, 0.29) is 0 Å². The predicted molar refractivity (Wildman–Crippen MR) is 70.7 cm³/mol. The molecule has 0 bridgehead atoms. The highest BCUT2D eigenvalue weighted by Crippen LogP contribution is 2.38. The summed E-state index contributed by atoms with van der Waals surface area (Å²) in [4.78, 5) is 0. The topological polar surface area (TPSA) is 29.9 Å². The Morgan fingerprint density at radius 1 is 1.53 bits per heavy atom. The van der Waals surface area contributed by atoms with E-state index in [0.717, 1.165) is 11.8 Å². The molecule has 2 rings (SSSR count). The Kier molecular flexibility index (Phi) is 4.21. The Hall–Kier alpha value is -0.830. The molecule has 1 aromatic rings. The highest BCUT2D eigenvalue weighted by atomic mass is 15.2. The molecule has 17 heavy (non-hydrogen) atoms. The van der Waals surface area contributed by atoms with Gasteiger partial charge in [0.05, 0.1) is 6.20 Å². The van der Waals surface area contributed by atoms with Gasteiger partial charge in [-0.1, -0.05) is 26.2 Å². The van der Waals surface area contributed by atoms with Gasteiger partial charge in [0.2, 0.25) is 0 Å². The van der Waals surface area contributed by atoms with E-state index in [0.29, 0.717) is 6.04 Å². The molecule has 3 heteroatoms. The second-order valence-electron chi connectivity index (χ2n) is 5.41. The van der Waals surface area contributed by atoms with Crippen LogP contribution in [0.2, 0.25) is 0 Å². The summed E-state index contributed by atoms with van der Waals surface area (Å²) in [6.07, 6.45) is 11.0. The molecule has 0 amide bonds. The largest absolute Gasteiger partial charge is 0.313 e. The molecule has 1 N–H and O–H groups in total. The van der Waals surface area contributed by atoms with Crippen LogP contribution in [-0.2, 0) is 7.05 Å². The molecule has 0 saturated heterocycles. The van der Waals surface area contributed by atoms with Crippen LogP contribution in [0.1, 0.15) is 50.6 Å². The van der Waals surface area contributed by atoms with E-state index in [1.54, 1.807) is 0 Å². The van der Waals surface area contributed by atoms with Gasteiger partial charge in [0.25, 0.3) is 0 Å². The van der Waals surface area contributed by atoms with Crippen LogP contribution >= 0.6 is 0 Å². The van der Waals surface area contributed by atoms with Crippen molar-refractivity contribution in [1.82, 2.24) is 15.1 Å². The standard InChI is InChI=1S/C14H25N3/c1-4-11-6-5-7-12(8-11)14(15-2)13-9-16-17(3)10-13/h9-12,14-15H,4-8H2,1-3H3. The van der Waals surface area contributed by atoms with Crippen LogP contribution in [0.3, 0.4) is 0 Å². The van der Waals surface area contributed by atoms with Crippen molar-refractivity contribution in [2.75, 3.05) is 7.05 Å². The van der Waals surface area contributed by atoms with Gasteiger partial charge in [-0.25, -0.2) is 0 Å². The summed E-state index contributed by atoms with van der Waals surface area (Å²) in [5.74, 6) is 1.71. The first-order valence-corrected chi connectivity index (χ1v) is 6.90. The van der Waals surface area contributed by atoms with E-state index in [4.69, 9.17) is 0 Å². The van der Waals surface area contributed by atoms with Crippen LogP contribution in [0.25, 0.3) is 0 Å². The monoisotopic (exact) mass is 235 g/mol. The van der Waals surface area contributed by atoms with Crippen LogP contribution in [-0.4, -0.2) is 16.8 Å². The SMILES string of the molecule is CCC1CCCC(C(NC)c2cnn(C)c2)C1. The minimum Gasteiger partial charge on any atom is -0.313 e. The Balaban J connectivity index is 2.07. The van der Waals surface area contributed by atoms with Crippen LogP contribution in [0.4, 0.5) is 0 Å². The molecule has 0 aliphatic heterocycles. The average Bonchev–Trinajstić information content (AvgIpc) is 2.77. The van der Waals surface area contributed by atoms with Crippen LogP contribution in [0, 0.1) is 11.8 Å². The number of hydrogen-bond acceptors (Lipinski definition) is 2. The number of nitrogens with one attached hydrogen (secondary N) is 1. The zero-order chi connectivity index (χ0) is 12.3. The second-order valence-corrected chi connectivity index (χ2v) is 5.41. The van der Waals surface area contributed by atoms with Gasteiger partial charge in [0.15, 0.2) is 0 Å². The van der Waals surface area contributed by atoms with Gasteiger partial charge >= 0.3 is 0 Å². The normalized spacial score (nSPS) is 27.0. The molecule has 0 aromatic carbocycles. The lowest BCUT2D eigenvalue weighted by Crippen LogP contribution is -2.29. The summed E-state index contributed by atoms with van der Waals surface area (Å²) < 4.78 is 1.90. The van der Waals surface area contributed by atoms with Crippen LogP contribution in [0.5, 0.6) is 0 Å². The van der Waals surface area contributed by atoms with Gasteiger partial charge < -0.3 is 5.32 Å². The van der Waals surface area contributed by atoms with Gasteiger partial charge in [-0.15, -0.1) is 0 Å². The molecular formula is C14H25N3. The lowest BCUT2D eigenvalue weighted by atomic mass is 9.75. The van der Waals surface area contributed by atoms with Gasteiger partial charge in [-0.05, 0) is 31.7 Å². The van der Waals surface area contributed by atoms with Gasteiger partial charge in [0.1, 0.15) is 0 Å². The molecule has 3 atom stereocenters. The zero-order valence-electron chi connectivity index (χ0n) is 11.3. The summed E-state index contributed by atoms with van der Waals surface area (Å²) in [6.45, 7) is 2.32. The third kappa shape index (κ3) is 2.89. The molecule has 3 unspecified atom stereocenters. The van der Waals surface area contributed by atoms with E-state index in [1.165, 1.54) is 37.7 Å².